The standard InChI is InChI=1S/C12H13FN2O/c1-7-11(15-16-12(7)8(2)14)9-3-5-10(13)6-4-9/h3-6,8H,14H2,1-2H3. The van der Waals surface area contributed by atoms with Crippen LogP contribution in [0.4, 0.5) is 4.39 Å². The molecule has 4 heteroatoms. The number of hydrogen-bond acceptors (Lipinski definition) is 3. The molecule has 84 valence electrons. The van der Waals surface area contributed by atoms with Crippen molar-refractivity contribution >= 4 is 0 Å². The Morgan fingerprint density at radius 2 is 1.94 bits per heavy atom. The Bertz CT molecular complexity index is 488. The van der Waals surface area contributed by atoms with Crippen LogP contribution in [0.25, 0.3) is 11.3 Å². The highest BCUT2D eigenvalue weighted by Gasteiger charge is 2.16. The third kappa shape index (κ3) is 1.84. The van der Waals surface area contributed by atoms with Crippen molar-refractivity contribution < 1.29 is 8.91 Å². The van der Waals surface area contributed by atoms with Gasteiger partial charge in [0.25, 0.3) is 0 Å². The molecule has 0 aliphatic carbocycles. The first kappa shape index (κ1) is 10.8. The average molecular weight is 220 g/mol. The van der Waals surface area contributed by atoms with Gasteiger partial charge < -0.3 is 10.3 Å². The van der Waals surface area contributed by atoms with Gasteiger partial charge in [-0.05, 0) is 38.1 Å². The summed E-state index contributed by atoms with van der Waals surface area (Å²) in [6.45, 7) is 3.73. The number of halogens is 1. The van der Waals surface area contributed by atoms with Crippen LogP contribution in [0.15, 0.2) is 28.8 Å². The van der Waals surface area contributed by atoms with Crippen LogP contribution >= 0.6 is 0 Å². The number of nitrogens with two attached hydrogens (primary N) is 1. The SMILES string of the molecule is Cc1c(-c2ccc(F)cc2)noc1C(C)N. The van der Waals surface area contributed by atoms with Gasteiger partial charge in [-0.1, -0.05) is 5.16 Å². The van der Waals surface area contributed by atoms with E-state index in [2.05, 4.69) is 5.16 Å². The van der Waals surface area contributed by atoms with Crippen molar-refractivity contribution in [2.75, 3.05) is 0 Å². The molecule has 2 aromatic rings. The second kappa shape index (κ2) is 4.06. The van der Waals surface area contributed by atoms with Gasteiger partial charge in [-0.3, -0.25) is 0 Å². The molecule has 2 rings (SSSR count). The van der Waals surface area contributed by atoms with Gasteiger partial charge in [0.15, 0.2) is 5.76 Å². The average Bonchev–Trinajstić information content (AvgIpc) is 2.61. The van der Waals surface area contributed by atoms with Crippen molar-refractivity contribution in [3.8, 4) is 11.3 Å². The molecule has 2 N–H and O–H groups in total. The maximum atomic E-state index is 12.8. The molecule has 1 unspecified atom stereocenters. The minimum Gasteiger partial charge on any atom is -0.359 e. The second-order valence-electron chi connectivity index (χ2n) is 3.82. The summed E-state index contributed by atoms with van der Waals surface area (Å²) in [6, 6.07) is 5.95. The zero-order valence-corrected chi connectivity index (χ0v) is 9.20. The Kier molecular flexibility index (Phi) is 2.75. The number of benzene rings is 1. The highest BCUT2D eigenvalue weighted by molar-refractivity contribution is 5.63. The van der Waals surface area contributed by atoms with Crippen LogP contribution in [0.3, 0.4) is 0 Å². The molecule has 0 radical (unpaired) electrons. The summed E-state index contributed by atoms with van der Waals surface area (Å²) in [7, 11) is 0. The summed E-state index contributed by atoms with van der Waals surface area (Å²) < 4.78 is 17.9. The molecule has 0 saturated carbocycles. The summed E-state index contributed by atoms with van der Waals surface area (Å²) in [4.78, 5) is 0. The Morgan fingerprint density at radius 3 is 2.44 bits per heavy atom. The summed E-state index contributed by atoms with van der Waals surface area (Å²) >= 11 is 0. The van der Waals surface area contributed by atoms with E-state index < -0.39 is 0 Å². The summed E-state index contributed by atoms with van der Waals surface area (Å²) in [5.74, 6) is 0.400. The van der Waals surface area contributed by atoms with Gasteiger partial charge in [0.05, 0.1) is 6.04 Å². The van der Waals surface area contributed by atoms with Crippen molar-refractivity contribution in [2.24, 2.45) is 5.73 Å². The third-order valence-electron chi connectivity index (χ3n) is 2.49. The molecule has 16 heavy (non-hydrogen) atoms. The van der Waals surface area contributed by atoms with E-state index >= 15 is 0 Å². The molecule has 0 amide bonds. The van der Waals surface area contributed by atoms with Crippen molar-refractivity contribution in [3.05, 3.63) is 41.4 Å². The van der Waals surface area contributed by atoms with Gasteiger partial charge >= 0.3 is 0 Å². The molecule has 1 aromatic heterocycles. The molecule has 1 atom stereocenters. The van der Waals surface area contributed by atoms with Crippen molar-refractivity contribution in [2.45, 2.75) is 19.9 Å². The van der Waals surface area contributed by atoms with Crippen LogP contribution in [-0.2, 0) is 0 Å². The lowest BCUT2D eigenvalue weighted by molar-refractivity contribution is 0.368. The van der Waals surface area contributed by atoms with Crippen molar-refractivity contribution in [1.82, 2.24) is 5.16 Å². The molecule has 0 aliphatic heterocycles. The lowest BCUT2D eigenvalue weighted by Gasteiger charge is -2.00. The van der Waals surface area contributed by atoms with Gasteiger partial charge in [0.1, 0.15) is 11.5 Å². The maximum absolute atomic E-state index is 12.8. The first-order valence-electron chi connectivity index (χ1n) is 5.07. The molecular formula is C12H13FN2O. The minimum atomic E-state index is -0.266. The molecule has 1 aromatic carbocycles. The van der Waals surface area contributed by atoms with Crippen LogP contribution in [0, 0.1) is 12.7 Å². The van der Waals surface area contributed by atoms with E-state index in [1.165, 1.54) is 12.1 Å². The fourth-order valence-corrected chi connectivity index (χ4v) is 1.65. The highest BCUT2D eigenvalue weighted by Crippen LogP contribution is 2.27. The summed E-state index contributed by atoms with van der Waals surface area (Å²) in [5.41, 5.74) is 8.18. The van der Waals surface area contributed by atoms with Gasteiger partial charge in [-0.15, -0.1) is 0 Å². The first-order chi connectivity index (χ1) is 7.59. The second-order valence-corrected chi connectivity index (χ2v) is 3.82. The van der Waals surface area contributed by atoms with Crippen LogP contribution in [0.5, 0.6) is 0 Å². The van der Waals surface area contributed by atoms with Crippen LogP contribution < -0.4 is 5.73 Å². The zero-order valence-electron chi connectivity index (χ0n) is 9.20. The number of rotatable bonds is 2. The van der Waals surface area contributed by atoms with E-state index in [-0.39, 0.29) is 11.9 Å². The molecule has 0 bridgehead atoms. The molecule has 0 saturated heterocycles. The Morgan fingerprint density at radius 1 is 1.31 bits per heavy atom. The minimum absolute atomic E-state index is 0.193. The van der Waals surface area contributed by atoms with E-state index in [4.69, 9.17) is 10.3 Å². The van der Waals surface area contributed by atoms with Crippen molar-refractivity contribution in [3.63, 3.8) is 0 Å². The van der Waals surface area contributed by atoms with Gasteiger partial charge in [-0.2, -0.15) is 0 Å². The fraction of sp³-hybridized carbons (Fsp3) is 0.250. The van der Waals surface area contributed by atoms with E-state index in [1.807, 2.05) is 13.8 Å². The maximum Gasteiger partial charge on any atom is 0.156 e. The van der Waals surface area contributed by atoms with E-state index in [1.54, 1.807) is 12.1 Å². The molecular weight excluding hydrogens is 207 g/mol. The van der Waals surface area contributed by atoms with Crippen molar-refractivity contribution in [1.29, 1.82) is 0 Å². The Balaban J connectivity index is 2.45. The van der Waals surface area contributed by atoms with E-state index in [0.29, 0.717) is 11.5 Å². The summed E-state index contributed by atoms with van der Waals surface area (Å²) in [5, 5.41) is 3.96. The monoisotopic (exact) mass is 220 g/mol. The Labute approximate surface area is 93.1 Å². The predicted molar refractivity (Wildman–Crippen MR) is 59.2 cm³/mol. The van der Waals surface area contributed by atoms with E-state index in [0.717, 1.165) is 11.1 Å². The highest BCUT2D eigenvalue weighted by atomic mass is 19.1. The lowest BCUT2D eigenvalue weighted by Crippen LogP contribution is -2.04. The topological polar surface area (TPSA) is 52.0 Å². The largest absolute Gasteiger partial charge is 0.359 e. The Hall–Kier alpha value is -1.68. The van der Waals surface area contributed by atoms with Crippen LogP contribution in [0.2, 0.25) is 0 Å². The van der Waals surface area contributed by atoms with Crippen LogP contribution in [-0.4, -0.2) is 5.16 Å². The normalized spacial score (nSPS) is 12.8. The van der Waals surface area contributed by atoms with Crippen LogP contribution in [0.1, 0.15) is 24.3 Å². The number of hydrogen-bond donors (Lipinski definition) is 1. The molecule has 0 fully saturated rings. The first-order valence-corrected chi connectivity index (χ1v) is 5.07. The quantitative estimate of drug-likeness (QED) is 0.846. The van der Waals surface area contributed by atoms with Gasteiger partial charge in [0.2, 0.25) is 0 Å². The number of aromatic nitrogens is 1. The molecule has 3 nitrogen and oxygen atoms in total. The third-order valence-corrected chi connectivity index (χ3v) is 2.49. The lowest BCUT2D eigenvalue weighted by atomic mass is 10.1. The molecule has 0 spiro atoms. The predicted octanol–water partition coefficient (Wildman–Crippen LogP) is 2.81. The number of nitrogens with zero attached hydrogens (tertiary/aromatic N) is 1. The molecule has 0 aliphatic rings. The summed E-state index contributed by atoms with van der Waals surface area (Å²) in [6.07, 6.45) is 0. The smallest absolute Gasteiger partial charge is 0.156 e. The molecule has 1 heterocycles. The van der Waals surface area contributed by atoms with E-state index in [9.17, 15) is 4.39 Å². The fourth-order valence-electron chi connectivity index (χ4n) is 1.65. The van der Waals surface area contributed by atoms with Gasteiger partial charge in [-0.25, -0.2) is 4.39 Å². The van der Waals surface area contributed by atoms with Gasteiger partial charge in [0, 0.05) is 11.1 Å². The zero-order chi connectivity index (χ0) is 11.7.